The number of thiophene rings is 1. The van der Waals surface area contributed by atoms with E-state index in [1.807, 2.05) is 22.8 Å². The maximum atomic E-state index is 13.5. The van der Waals surface area contributed by atoms with Crippen LogP contribution in [0.15, 0.2) is 36.9 Å². The number of hydrogen-bond acceptors (Lipinski definition) is 8. The van der Waals surface area contributed by atoms with Gasteiger partial charge < -0.3 is 20.0 Å². The number of nitrogens with zero attached hydrogens (tertiary/aromatic N) is 7. The Labute approximate surface area is 227 Å². The molecule has 0 aromatic carbocycles. The number of likely N-dealkylation sites (tertiary alicyclic amines) is 1. The Balaban J connectivity index is 1.13. The van der Waals surface area contributed by atoms with Crippen molar-refractivity contribution in [2.75, 3.05) is 52.6 Å². The largest absolute Gasteiger partial charge is 0.342 e. The second-order valence-electron chi connectivity index (χ2n) is 10.9. The smallest absolute Gasteiger partial charge is 0.226 e. The van der Waals surface area contributed by atoms with Crippen molar-refractivity contribution in [2.45, 2.75) is 38.1 Å². The van der Waals surface area contributed by atoms with E-state index in [9.17, 15) is 4.79 Å². The average molecular weight is 533 g/mol. The number of pyridine rings is 1. The summed E-state index contributed by atoms with van der Waals surface area (Å²) in [6.45, 7) is 3.87. The highest BCUT2D eigenvalue weighted by atomic mass is 32.1. The SMILES string of the molecule is CN(C)CCN(C)C1CCN(C(=O)[C@H]2CCc3c(sc4ncnc(Nc5ccn6nccc6c5)c34)C2)CC1. The molecule has 1 aliphatic heterocycles. The highest BCUT2D eigenvalue weighted by Gasteiger charge is 2.33. The number of aromatic nitrogens is 4. The van der Waals surface area contributed by atoms with Gasteiger partial charge in [0, 0.05) is 61.1 Å². The Bertz CT molecular complexity index is 1440. The second kappa shape index (κ2) is 10.6. The van der Waals surface area contributed by atoms with Crippen LogP contribution < -0.4 is 5.32 Å². The van der Waals surface area contributed by atoms with E-state index < -0.39 is 0 Å². The lowest BCUT2D eigenvalue weighted by molar-refractivity contribution is -0.137. The number of carbonyl (C=O) groups is 1. The first-order valence-corrected chi connectivity index (χ1v) is 14.4. The molecule has 1 aliphatic carbocycles. The van der Waals surface area contributed by atoms with Gasteiger partial charge in [-0.1, -0.05) is 0 Å². The van der Waals surface area contributed by atoms with Crippen molar-refractivity contribution in [3.63, 3.8) is 0 Å². The third kappa shape index (κ3) is 5.00. The summed E-state index contributed by atoms with van der Waals surface area (Å²) in [4.78, 5) is 31.8. The van der Waals surface area contributed by atoms with Gasteiger partial charge >= 0.3 is 0 Å². The van der Waals surface area contributed by atoms with E-state index in [-0.39, 0.29) is 5.92 Å². The summed E-state index contributed by atoms with van der Waals surface area (Å²) >= 11 is 1.72. The van der Waals surface area contributed by atoms with Crippen LogP contribution in [0.2, 0.25) is 0 Å². The zero-order valence-corrected chi connectivity index (χ0v) is 23.2. The molecule has 1 N–H and O–H groups in total. The van der Waals surface area contributed by atoms with Gasteiger partial charge in [-0.2, -0.15) is 5.10 Å². The van der Waals surface area contributed by atoms with Crippen LogP contribution in [-0.2, 0) is 17.6 Å². The summed E-state index contributed by atoms with van der Waals surface area (Å²) in [5.74, 6) is 1.23. The lowest BCUT2D eigenvalue weighted by atomic mass is 9.86. The van der Waals surface area contributed by atoms with Gasteiger partial charge in [-0.05, 0) is 77.0 Å². The molecule has 1 saturated heterocycles. The quantitative estimate of drug-likeness (QED) is 0.389. The first-order chi connectivity index (χ1) is 18.5. The Morgan fingerprint density at radius 2 is 1.97 bits per heavy atom. The van der Waals surface area contributed by atoms with Gasteiger partial charge in [0.1, 0.15) is 17.0 Å². The Morgan fingerprint density at radius 1 is 1.13 bits per heavy atom. The summed E-state index contributed by atoms with van der Waals surface area (Å²) < 4.78 is 1.84. The Morgan fingerprint density at radius 3 is 2.79 bits per heavy atom. The molecule has 1 atom stereocenters. The molecule has 200 valence electrons. The maximum Gasteiger partial charge on any atom is 0.226 e. The second-order valence-corrected chi connectivity index (χ2v) is 12.0. The van der Waals surface area contributed by atoms with Crippen molar-refractivity contribution >= 4 is 44.5 Å². The first-order valence-electron chi connectivity index (χ1n) is 13.6. The molecule has 0 unspecified atom stereocenters. The number of aryl methyl sites for hydroxylation is 1. The van der Waals surface area contributed by atoms with Crippen molar-refractivity contribution in [3.8, 4) is 0 Å². The minimum absolute atomic E-state index is 0.0622. The average Bonchev–Trinajstić information content (AvgIpc) is 3.55. The minimum Gasteiger partial charge on any atom is -0.342 e. The summed E-state index contributed by atoms with van der Waals surface area (Å²) in [5, 5.41) is 8.89. The van der Waals surface area contributed by atoms with E-state index in [0.29, 0.717) is 11.9 Å². The van der Waals surface area contributed by atoms with Gasteiger partial charge in [-0.3, -0.25) is 4.79 Å². The number of amides is 1. The highest BCUT2D eigenvalue weighted by Crippen LogP contribution is 2.41. The molecule has 38 heavy (non-hydrogen) atoms. The van der Waals surface area contributed by atoms with Crippen LogP contribution in [0.1, 0.15) is 29.7 Å². The maximum absolute atomic E-state index is 13.5. The standard InChI is InChI=1S/C28H36N8OS/c1-33(2)14-15-34(3)21-8-11-35(12-9-21)28(37)19-4-5-23-24(16-19)38-27-25(23)26(29-18-30-27)32-20-7-13-36-22(17-20)6-10-31-36/h6-7,10,13,17-19,21H,4-5,8-9,11-12,14-16H2,1-3H3,(H,29,30,32)/t19-/m0/s1. The summed E-state index contributed by atoms with van der Waals surface area (Å²) in [5.41, 5.74) is 3.31. The fraction of sp³-hybridized carbons (Fsp3) is 0.500. The molecule has 0 radical (unpaired) electrons. The molecule has 4 aromatic rings. The van der Waals surface area contributed by atoms with E-state index in [1.165, 1.54) is 10.4 Å². The topological polar surface area (TPSA) is 81.9 Å². The number of fused-ring (bicyclic) bond motifs is 4. The van der Waals surface area contributed by atoms with E-state index in [1.54, 1.807) is 23.9 Å². The molecule has 0 spiro atoms. The monoisotopic (exact) mass is 532 g/mol. The number of carbonyl (C=O) groups excluding carboxylic acids is 1. The van der Waals surface area contributed by atoms with E-state index in [2.05, 4.69) is 62.3 Å². The zero-order valence-electron chi connectivity index (χ0n) is 22.4. The molecule has 1 fully saturated rings. The third-order valence-corrected chi connectivity index (χ3v) is 9.32. The molecule has 9 nitrogen and oxygen atoms in total. The van der Waals surface area contributed by atoms with Gasteiger partial charge in [0.2, 0.25) is 5.91 Å². The van der Waals surface area contributed by atoms with E-state index >= 15 is 0 Å². The van der Waals surface area contributed by atoms with Crippen LogP contribution in [0.5, 0.6) is 0 Å². The van der Waals surface area contributed by atoms with Gasteiger partial charge in [-0.15, -0.1) is 11.3 Å². The third-order valence-electron chi connectivity index (χ3n) is 8.16. The van der Waals surface area contributed by atoms with Crippen molar-refractivity contribution in [1.82, 2.24) is 34.3 Å². The number of likely N-dealkylation sites (N-methyl/N-ethyl adjacent to an activating group) is 2. The number of rotatable bonds is 7. The lowest BCUT2D eigenvalue weighted by Crippen LogP contribution is -2.48. The fourth-order valence-corrected chi connectivity index (χ4v) is 7.14. The van der Waals surface area contributed by atoms with Gasteiger partial charge in [-0.25, -0.2) is 14.5 Å². The predicted octanol–water partition coefficient (Wildman–Crippen LogP) is 3.67. The van der Waals surface area contributed by atoms with Crippen LogP contribution >= 0.6 is 11.3 Å². The number of piperidine rings is 1. The van der Waals surface area contributed by atoms with Crippen molar-refractivity contribution in [1.29, 1.82) is 0 Å². The van der Waals surface area contributed by atoms with Crippen LogP contribution in [0, 0.1) is 5.92 Å². The molecule has 0 saturated carbocycles. The van der Waals surface area contributed by atoms with E-state index in [0.717, 1.165) is 85.5 Å². The zero-order chi connectivity index (χ0) is 26.2. The van der Waals surface area contributed by atoms with Crippen molar-refractivity contribution in [3.05, 3.63) is 47.4 Å². The minimum atomic E-state index is 0.0622. The fourth-order valence-electron chi connectivity index (χ4n) is 5.88. The Hall–Kier alpha value is -3.08. The summed E-state index contributed by atoms with van der Waals surface area (Å²) in [6, 6.07) is 6.62. The molecular formula is C28H36N8OS. The van der Waals surface area contributed by atoms with Gasteiger partial charge in [0.25, 0.3) is 0 Å². The van der Waals surface area contributed by atoms with Crippen LogP contribution in [0.25, 0.3) is 15.7 Å². The number of anilines is 2. The van der Waals surface area contributed by atoms with E-state index in [4.69, 9.17) is 0 Å². The van der Waals surface area contributed by atoms with Crippen LogP contribution in [0.3, 0.4) is 0 Å². The van der Waals surface area contributed by atoms with Crippen LogP contribution in [0.4, 0.5) is 11.5 Å². The van der Waals surface area contributed by atoms with Crippen molar-refractivity contribution in [2.24, 2.45) is 5.92 Å². The number of nitrogens with one attached hydrogen (secondary N) is 1. The molecular weight excluding hydrogens is 496 g/mol. The first kappa shape index (κ1) is 25.2. The summed E-state index contributed by atoms with van der Waals surface area (Å²) in [6.07, 6.45) is 10.1. The molecule has 6 rings (SSSR count). The highest BCUT2D eigenvalue weighted by molar-refractivity contribution is 7.19. The number of hydrogen-bond donors (Lipinski definition) is 1. The molecule has 1 amide bonds. The molecule has 5 heterocycles. The molecule has 10 heteroatoms. The molecule has 2 aliphatic rings. The van der Waals surface area contributed by atoms with Gasteiger partial charge in [0.05, 0.1) is 10.9 Å². The lowest BCUT2D eigenvalue weighted by Gasteiger charge is -2.38. The molecule has 4 aromatic heterocycles. The normalized spacial score (nSPS) is 18.6. The van der Waals surface area contributed by atoms with Gasteiger partial charge in [0.15, 0.2) is 0 Å². The summed E-state index contributed by atoms with van der Waals surface area (Å²) in [7, 11) is 6.46. The van der Waals surface area contributed by atoms with Crippen molar-refractivity contribution < 1.29 is 4.79 Å². The molecule has 0 bridgehead atoms. The van der Waals surface area contributed by atoms with Crippen LogP contribution in [-0.4, -0.2) is 93.6 Å². The predicted molar refractivity (Wildman–Crippen MR) is 152 cm³/mol. The Kier molecular flexibility index (Phi) is 7.03.